The van der Waals surface area contributed by atoms with Crippen LogP contribution in [0.25, 0.3) is 10.9 Å². The van der Waals surface area contributed by atoms with Crippen molar-refractivity contribution in [3.63, 3.8) is 0 Å². The summed E-state index contributed by atoms with van der Waals surface area (Å²) in [5.41, 5.74) is 1.65. The van der Waals surface area contributed by atoms with Gasteiger partial charge in [-0.15, -0.1) is 0 Å². The van der Waals surface area contributed by atoms with Crippen molar-refractivity contribution in [1.29, 1.82) is 0 Å². The summed E-state index contributed by atoms with van der Waals surface area (Å²) in [4.78, 5) is 3.13. The molecule has 0 fully saturated rings. The number of hydrogen-bond donors (Lipinski definition) is 4. The lowest BCUT2D eigenvalue weighted by Gasteiger charge is -2.06. The Balaban J connectivity index is 2.17. The van der Waals surface area contributed by atoms with Gasteiger partial charge >= 0.3 is 0 Å². The second-order valence-corrected chi connectivity index (χ2v) is 4.55. The summed E-state index contributed by atoms with van der Waals surface area (Å²) in [6.07, 6.45) is 0.868. The van der Waals surface area contributed by atoms with Crippen LogP contribution in [0.15, 0.2) is 18.2 Å². The number of aromatic hydroxyl groups is 2. The molecule has 92 valence electrons. The number of rotatable bonds is 4. The lowest BCUT2D eigenvalue weighted by atomic mass is 10.2. The summed E-state index contributed by atoms with van der Waals surface area (Å²) >= 11 is 0. The molecule has 4 nitrogen and oxygen atoms in total. The summed E-state index contributed by atoms with van der Waals surface area (Å²) in [5.74, 6) is -0.170. The summed E-state index contributed by atoms with van der Waals surface area (Å²) in [6.45, 7) is 5.10. The third-order valence-electron chi connectivity index (χ3n) is 2.75. The molecule has 0 radical (unpaired) electrons. The number of benzene rings is 1. The average Bonchev–Trinajstić information content (AvgIpc) is 2.67. The van der Waals surface area contributed by atoms with E-state index in [2.05, 4.69) is 24.1 Å². The molecule has 0 unspecified atom stereocenters. The molecule has 4 heteroatoms. The predicted octanol–water partition coefficient (Wildman–Crippen LogP) is 2.12. The lowest BCUT2D eigenvalue weighted by molar-refractivity contribution is 0.407. The molecule has 0 aliphatic heterocycles. The Bertz CT molecular complexity index is 517. The Hall–Kier alpha value is -1.68. The number of aromatic nitrogens is 1. The molecule has 0 aliphatic rings. The third kappa shape index (κ3) is 2.53. The van der Waals surface area contributed by atoms with Crippen LogP contribution in [0.1, 0.15) is 19.5 Å². The van der Waals surface area contributed by atoms with Gasteiger partial charge in [-0.3, -0.25) is 0 Å². The zero-order valence-electron chi connectivity index (χ0n) is 10.1. The van der Waals surface area contributed by atoms with Crippen LogP contribution < -0.4 is 5.32 Å². The summed E-state index contributed by atoms with van der Waals surface area (Å²) < 4.78 is 0. The van der Waals surface area contributed by atoms with E-state index < -0.39 is 0 Å². The van der Waals surface area contributed by atoms with E-state index in [1.54, 1.807) is 6.07 Å². The Kier molecular flexibility index (Phi) is 3.24. The number of phenols is 2. The van der Waals surface area contributed by atoms with Gasteiger partial charge in [-0.1, -0.05) is 13.8 Å². The molecule has 2 aromatic rings. The lowest BCUT2D eigenvalue weighted by Crippen LogP contribution is -2.24. The van der Waals surface area contributed by atoms with Crippen molar-refractivity contribution in [2.75, 3.05) is 6.54 Å². The van der Waals surface area contributed by atoms with Gasteiger partial charge in [0.25, 0.3) is 0 Å². The van der Waals surface area contributed by atoms with Gasteiger partial charge in [0.15, 0.2) is 11.5 Å². The predicted molar refractivity (Wildman–Crippen MR) is 68.5 cm³/mol. The molecule has 0 spiro atoms. The van der Waals surface area contributed by atoms with E-state index in [1.165, 1.54) is 6.07 Å². The fourth-order valence-electron chi connectivity index (χ4n) is 1.86. The summed E-state index contributed by atoms with van der Waals surface area (Å²) in [7, 11) is 0. The van der Waals surface area contributed by atoms with Crippen molar-refractivity contribution in [3.8, 4) is 11.5 Å². The molecule has 0 saturated carbocycles. The van der Waals surface area contributed by atoms with Crippen molar-refractivity contribution in [2.24, 2.45) is 0 Å². The van der Waals surface area contributed by atoms with E-state index in [0.717, 1.165) is 24.0 Å². The highest BCUT2D eigenvalue weighted by molar-refractivity contribution is 5.88. The van der Waals surface area contributed by atoms with Crippen molar-refractivity contribution in [2.45, 2.75) is 26.3 Å². The minimum atomic E-state index is -0.0915. The molecule has 0 saturated heterocycles. The third-order valence-corrected chi connectivity index (χ3v) is 2.75. The minimum Gasteiger partial charge on any atom is -0.504 e. The van der Waals surface area contributed by atoms with Crippen LogP contribution in [0.3, 0.4) is 0 Å². The van der Waals surface area contributed by atoms with E-state index in [1.807, 2.05) is 6.07 Å². The smallest absolute Gasteiger partial charge is 0.182 e. The molecule has 4 N–H and O–H groups in total. The molecule has 1 aromatic heterocycles. The van der Waals surface area contributed by atoms with Gasteiger partial charge < -0.3 is 20.5 Å². The monoisotopic (exact) mass is 234 g/mol. The van der Waals surface area contributed by atoms with E-state index in [4.69, 9.17) is 0 Å². The van der Waals surface area contributed by atoms with Crippen LogP contribution in [0.2, 0.25) is 0 Å². The topological polar surface area (TPSA) is 68.3 Å². The number of fused-ring (bicyclic) bond motifs is 1. The van der Waals surface area contributed by atoms with Crippen molar-refractivity contribution in [1.82, 2.24) is 10.3 Å². The first-order valence-electron chi connectivity index (χ1n) is 5.84. The molecular formula is C13H18N2O2. The number of hydrogen-bond acceptors (Lipinski definition) is 3. The second-order valence-electron chi connectivity index (χ2n) is 4.55. The maximum Gasteiger partial charge on any atom is 0.182 e. The minimum absolute atomic E-state index is 0.0782. The SMILES string of the molecule is CC(C)NCCc1cc2ccc(O)c(O)c2[nH]1. The fourth-order valence-corrected chi connectivity index (χ4v) is 1.86. The van der Waals surface area contributed by atoms with Gasteiger partial charge in [-0.05, 0) is 24.6 Å². The summed E-state index contributed by atoms with van der Waals surface area (Å²) in [5, 5.41) is 23.3. The highest BCUT2D eigenvalue weighted by Gasteiger charge is 2.08. The van der Waals surface area contributed by atoms with E-state index >= 15 is 0 Å². The number of aromatic amines is 1. The number of phenolic OH excluding ortho intramolecular Hbond substituents is 2. The van der Waals surface area contributed by atoms with Crippen molar-refractivity contribution in [3.05, 3.63) is 23.9 Å². The average molecular weight is 234 g/mol. The zero-order chi connectivity index (χ0) is 12.4. The summed E-state index contributed by atoms with van der Waals surface area (Å²) in [6, 6.07) is 5.76. The zero-order valence-corrected chi connectivity index (χ0v) is 10.1. The number of H-pyrrole nitrogens is 1. The Morgan fingerprint density at radius 2 is 2.06 bits per heavy atom. The molecule has 0 aliphatic carbocycles. The quantitative estimate of drug-likeness (QED) is 0.612. The van der Waals surface area contributed by atoms with E-state index in [-0.39, 0.29) is 11.5 Å². The first kappa shape index (κ1) is 11.8. The van der Waals surface area contributed by atoms with Crippen LogP contribution in [0, 0.1) is 0 Å². The Morgan fingerprint density at radius 3 is 2.76 bits per heavy atom. The molecule has 2 rings (SSSR count). The van der Waals surface area contributed by atoms with Gasteiger partial charge in [0.1, 0.15) is 0 Å². The second kappa shape index (κ2) is 4.67. The fraction of sp³-hybridized carbons (Fsp3) is 0.385. The maximum absolute atomic E-state index is 9.69. The van der Waals surface area contributed by atoms with Crippen LogP contribution in [0.5, 0.6) is 11.5 Å². The van der Waals surface area contributed by atoms with Gasteiger partial charge in [0.05, 0.1) is 5.52 Å². The normalized spacial score (nSPS) is 11.5. The highest BCUT2D eigenvalue weighted by atomic mass is 16.3. The molecule has 1 aromatic carbocycles. The van der Waals surface area contributed by atoms with Gasteiger partial charge in [0, 0.05) is 23.7 Å². The van der Waals surface area contributed by atoms with Crippen LogP contribution in [-0.2, 0) is 6.42 Å². The van der Waals surface area contributed by atoms with Crippen LogP contribution in [0.4, 0.5) is 0 Å². The Labute approximate surface area is 100 Å². The highest BCUT2D eigenvalue weighted by Crippen LogP contribution is 2.33. The number of nitrogens with one attached hydrogen (secondary N) is 2. The molecule has 1 heterocycles. The molecular weight excluding hydrogens is 216 g/mol. The maximum atomic E-state index is 9.69. The van der Waals surface area contributed by atoms with E-state index in [9.17, 15) is 10.2 Å². The first-order valence-corrected chi connectivity index (χ1v) is 5.84. The molecule has 0 bridgehead atoms. The van der Waals surface area contributed by atoms with Gasteiger partial charge in [0.2, 0.25) is 0 Å². The molecule has 0 atom stereocenters. The van der Waals surface area contributed by atoms with Crippen LogP contribution in [-0.4, -0.2) is 27.8 Å². The van der Waals surface area contributed by atoms with Crippen LogP contribution >= 0.6 is 0 Å². The molecule has 0 amide bonds. The first-order chi connectivity index (χ1) is 8.08. The standard InChI is InChI=1S/C13H18N2O2/c1-8(2)14-6-5-10-7-9-3-4-11(16)13(17)12(9)15-10/h3-4,7-8,14-17H,5-6H2,1-2H3. The van der Waals surface area contributed by atoms with Gasteiger partial charge in [-0.25, -0.2) is 0 Å². The van der Waals surface area contributed by atoms with Crippen molar-refractivity contribution < 1.29 is 10.2 Å². The van der Waals surface area contributed by atoms with E-state index in [0.29, 0.717) is 11.6 Å². The molecule has 17 heavy (non-hydrogen) atoms. The Morgan fingerprint density at radius 1 is 1.29 bits per heavy atom. The van der Waals surface area contributed by atoms with Crippen molar-refractivity contribution >= 4 is 10.9 Å². The largest absolute Gasteiger partial charge is 0.504 e. The van der Waals surface area contributed by atoms with Gasteiger partial charge in [-0.2, -0.15) is 0 Å².